The van der Waals surface area contributed by atoms with Crippen molar-refractivity contribution in [1.82, 2.24) is 4.90 Å². The van der Waals surface area contributed by atoms with Crippen LogP contribution in [-0.4, -0.2) is 37.6 Å². The maximum absolute atomic E-state index is 11.9. The Kier molecular flexibility index (Phi) is 4.20. The minimum Gasteiger partial charge on any atom is -0.497 e. The van der Waals surface area contributed by atoms with Gasteiger partial charge in [-0.15, -0.1) is 0 Å². The third-order valence-electron chi connectivity index (χ3n) is 3.45. The summed E-state index contributed by atoms with van der Waals surface area (Å²) >= 11 is 0. The second kappa shape index (κ2) is 5.87. The summed E-state index contributed by atoms with van der Waals surface area (Å²) in [6.45, 7) is 1.09. The topological polar surface area (TPSA) is 41.6 Å². The molecule has 98 valence electrons. The van der Waals surface area contributed by atoms with E-state index in [1.165, 1.54) is 6.42 Å². The number of nitrogens with zero attached hydrogens (tertiary/aromatic N) is 1. The molecule has 0 saturated carbocycles. The number of carbonyl (C=O) groups excluding carboxylic acids is 1. The third kappa shape index (κ3) is 3.23. The molecule has 1 saturated heterocycles. The fourth-order valence-corrected chi connectivity index (χ4v) is 2.36. The smallest absolute Gasteiger partial charge is 0.225 e. The van der Waals surface area contributed by atoms with Crippen LogP contribution in [0.5, 0.6) is 5.75 Å². The largest absolute Gasteiger partial charge is 0.497 e. The Morgan fingerprint density at radius 3 is 3.06 bits per heavy atom. The lowest BCUT2D eigenvalue weighted by atomic mass is 10.1. The Morgan fingerprint density at radius 2 is 2.39 bits per heavy atom. The highest BCUT2D eigenvalue weighted by Crippen LogP contribution is 2.20. The molecule has 1 fully saturated rings. The molecule has 0 radical (unpaired) electrons. The molecule has 1 aliphatic heterocycles. The van der Waals surface area contributed by atoms with Crippen LogP contribution in [0.1, 0.15) is 19.3 Å². The van der Waals surface area contributed by atoms with Crippen LogP contribution in [0.25, 0.3) is 0 Å². The van der Waals surface area contributed by atoms with E-state index < -0.39 is 0 Å². The molecule has 1 amide bonds. The standard InChI is InChI=1S/C14H20N2O2/c1-16-8-4-6-12(16)10-14(17)15-11-5-3-7-13(9-11)18-2/h3,5,7,9,12H,4,6,8,10H2,1-2H3,(H,15,17). The average Bonchev–Trinajstić information content (AvgIpc) is 2.75. The first-order valence-corrected chi connectivity index (χ1v) is 6.33. The fraction of sp³-hybridized carbons (Fsp3) is 0.500. The Hall–Kier alpha value is -1.55. The van der Waals surface area contributed by atoms with Crippen LogP contribution in [0.3, 0.4) is 0 Å². The molecule has 4 heteroatoms. The van der Waals surface area contributed by atoms with E-state index in [2.05, 4.69) is 17.3 Å². The number of amides is 1. The molecule has 1 N–H and O–H groups in total. The summed E-state index contributed by atoms with van der Waals surface area (Å²) in [5, 5.41) is 2.92. The van der Waals surface area contributed by atoms with Gasteiger partial charge in [0, 0.05) is 24.2 Å². The number of hydrogen-bond donors (Lipinski definition) is 1. The molecule has 18 heavy (non-hydrogen) atoms. The minimum absolute atomic E-state index is 0.0713. The van der Waals surface area contributed by atoms with Crippen molar-refractivity contribution in [3.63, 3.8) is 0 Å². The van der Waals surface area contributed by atoms with Gasteiger partial charge in [0.15, 0.2) is 0 Å². The lowest BCUT2D eigenvalue weighted by Crippen LogP contribution is -2.29. The summed E-state index contributed by atoms with van der Waals surface area (Å²) in [6, 6.07) is 7.82. The van der Waals surface area contributed by atoms with Crippen LogP contribution in [0, 0.1) is 0 Å². The molecule has 4 nitrogen and oxygen atoms in total. The normalized spacial score (nSPS) is 19.8. The first-order chi connectivity index (χ1) is 8.69. The van der Waals surface area contributed by atoms with Crippen molar-refractivity contribution < 1.29 is 9.53 Å². The van der Waals surface area contributed by atoms with Crippen molar-refractivity contribution in [3.05, 3.63) is 24.3 Å². The summed E-state index contributed by atoms with van der Waals surface area (Å²) < 4.78 is 5.13. The number of methoxy groups -OCH3 is 1. The lowest BCUT2D eigenvalue weighted by molar-refractivity contribution is -0.117. The third-order valence-corrected chi connectivity index (χ3v) is 3.45. The van der Waals surface area contributed by atoms with E-state index in [9.17, 15) is 4.79 Å². The number of likely N-dealkylation sites (tertiary alicyclic amines) is 1. The van der Waals surface area contributed by atoms with Crippen molar-refractivity contribution in [2.45, 2.75) is 25.3 Å². The first kappa shape index (κ1) is 12.9. The lowest BCUT2D eigenvalue weighted by Gasteiger charge is -2.18. The zero-order chi connectivity index (χ0) is 13.0. The minimum atomic E-state index is 0.0713. The van der Waals surface area contributed by atoms with E-state index in [1.807, 2.05) is 24.3 Å². The van der Waals surface area contributed by atoms with Gasteiger partial charge in [0.05, 0.1) is 7.11 Å². The van der Waals surface area contributed by atoms with Crippen LogP contribution in [0.4, 0.5) is 5.69 Å². The summed E-state index contributed by atoms with van der Waals surface area (Å²) in [5.41, 5.74) is 0.792. The van der Waals surface area contributed by atoms with Gasteiger partial charge < -0.3 is 15.0 Å². The molecule has 2 rings (SSSR count). The van der Waals surface area contributed by atoms with Crippen molar-refractivity contribution in [2.75, 3.05) is 26.0 Å². The molecule has 1 heterocycles. The molecule has 1 aromatic rings. The fourth-order valence-electron chi connectivity index (χ4n) is 2.36. The maximum atomic E-state index is 11.9. The van der Waals surface area contributed by atoms with Gasteiger partial charge in [-0.2, -0.15) is 0 Å². The van der Waals surface area contributed by atoms with Gasteiger partial charge in [0.1, 0.15) is 5.75 Å². The number of nitrogens with one attached hydrogen (secondary N) is 1. The van der Waals surface area contributed by atoms with E-state index in [1.54, 1.807) is 7.11 Å². The summed E-state index contributed by atoms with van der Waals surface area (Å²) in [7, 11) is 3.70. The highest BCUT2D eigenvalue weighted by molar-refractivity contribution is 5.91. The number of ether oxygens (including phenoxy) is 1. The van der Waals surface area contributed by atoms with Crippen molar-refractivity contribution in [2.24, 2.45) is 0 Å². The van der Waals surface area contributed by atoms with Crippen LogP contribution in [0.2, 0.25) is 0 Å². The average molecular weight is 248 g/mol. The zero-order valence-corrected chi connectivity index (χ0v) is 11.0. The highest BCUT2D eigenvalue weighted by atomic mass is 16.5. The van der Waals surface area contributed by atoms with Gasteiger partial charge in [0.25, 0.3) is 0 Å². The SMILES string of the molecule is COc1cccc(NC(=O)CC2CCCN2C)c1. The molecule has 1 aromatic carbocycles. The maximum Gasteiger partial charge on any atom is 0.225 e. The molecule has 1 unspecified atom stereocenters. The van der Waals surface area contributed by atoms with Crippen molar-refractivity contribution >= 4 is 11.6 Å². The van der Waals surface area contributed by atoms with Gasteiger partial charge in [-0.1, -0.05) is 6.07 Å². The van der Waals surface area contributed by atoms with Gasteiger partial charge in [-0.05, 0) is 38.6 Å². The van der Waals surface area contributed by atoms with E-state index in [0.717, 1.165) is 24.4 Å². The van der Waals surface area contributed by atoms with Crippen LogP contribution in [0.15, 0.2) is 24.3 Å². The predicted molar refractivity (Wildman–Crippen MR) is 71.9 cm³/mol. The van der Waals surface area contributed by atoms with Gasteiger partial charge in [-0.25, -0.2) is 0 Å². The predicted octanol–water partition coefficient (Wildman–Crippen LogP) is 2.12. The van der Waals surface area contributed by atoms with Crippen LogP contribution >= 0.6 is 0 Å². The Bertz CT molecular complexity index is 420. The van der Waals surface area contributed by atoms with Gasteiger partial charge in [-0.3, -0.25) is 4.79 Å². The van der Waals surface area contributed by atoms with E-state index in [4.69, 9.17) is 4.74 Å². The number of carbonyl (C=O) groups is 1. The summed E-state index contributed by atoms with van der Waals surface area (Å²) in [5.74, 6) is 0.827. The Balaban J connectivity index is 1.90. The molecular formula is C14H20N2O2. The number of benzene rings is 1. The van der Waals surface area contributed by atoms with E-state index in [0.29, 0.717) is 12.5 Å². The molecular weight excluding hydrogens is 228 g/mol. The quantitative estimate of drug-likeness (QED) is 0.887. The summed E-state index contributed by atoms with van der Waals surface area (Å²) in [6.07, 6.45) is 2.86. The first-order valence-electron chi connectivity index (χ1n) is 6.33. The molecule has 1 aliphatic rings. The molecule has 0 aliphatic carbocycles. The summed E-state index contributed by atoms with van der Waals surface area (Å²) in [4.78, 5) is 14.2. The number of hydrogen-bond acceptors (Lipinski definition) is 3. The molecule has 0 aromatic heterocycles. The molecule has 0 bridgehead atoms. The van der Waals surface area contributed by atoms with Crippen LogP contribution in [-0.2, 0) is 4.79 Å². The molecule has 1 atom stereocenters. The number of anilines is 1. The van der Waals surface area contributed by atoms with Crippen molar-refractivity contribution in [3.8, 4) is 5.75 Å². The highest BCUT2D eigenvalue weighted by Gasteiger charge is 2.23. The van der Waals surface area contributed by atoms with Crippen LogP contribution < -0.4 is 10.1 Å². The molecule has 0 spiro atoms. The Labute approximate surface area is 108 Å². The van der Waals surface area contributed by atoms with E-state index in [-0.39, 0.29) is 5.91 Å². The van der Waals surface area contributed by atoms with Gasteiger partial charge in [0.2, 0.25) is 5.91 Å². The van der Waals surface area contributed by atoms with Crippen molar-refractivity contribution in [1.29, 1.82) is 0 Å². The van der Waals surface area contributed by atoms with E-state index >= 15 is 0 Å². The van der Waals surface area contributed by atoms with Gasteiger partial charge >= 0.3 is 0 Å². The second-order valence-corrected chi connectivity index (χ2v) is 4.76. The second-order valence-electron chi connectivity index (χ2n) is 4.76. The number of rotatable bonds is 4. The zero-order valence-electron chi connectivity index (χ0n) is 11.0. The Morgan fingerprint density at radius 1 is 1.56 bits per heavy atom. The monoisotopic (exact) mass is 248 g/mol.